The van der Waals surface area contributed by atoms with Gasteiger partial charge in [-0.25, -0.2) is 4.79 Å². The molecule has 6 heteroatoms. The van der Waals surface area contributed by atoms with Crippen LogP contribution in [0.5, 0.6) is 5.75 Å². The van der Waals surface area contributed by atoms with E-state index in [9.17, 15) is 14.4 Å². The average Bonchev–Trinajstić information content (AvgIpc) is 2.59. The number of nitrogens with one attached hydrogen (secondary N) is 1. The maximum absolute atomic E-state index is 12.1. The minimum atomic E-state index is -1.08. The summed E-state index contributed by atoms with van der Waals surface area (Å²) >= 11 is 0. The Hall–Kier alpha value is -2.37. The summed E-state index contributed by atoms with van der Waals surface area (Å²) in [6.45, 7) is 5.83. The van der Waals surface area contributed by atoms with Gasteiger partial charge in [-0.3, -0.25) is 9.59 Å². The number of amides is 1. The molecule has 1 atom stereocenters. The molecule has 1 aromatic carbocycles. The molecule has 0 aliphatic heterocycles. The van der Waals surface area contributed by atoms with Crippen molar-refractivity contribution in [2.45, 2.75) is 45.6 Å². The number of ether oxygens (including phenoxy) is 2. The molecule has 132 valence electrons. The van der Waals surface area contributed by atoms with Crippen molar-refractivity contribution in [3.8, 4) is 5.75 Å². The van der Waals surface area contributed by atoms with Gasteiger partial charge in [0.05, 0.1) is 13.7 Å². The molecule has 1 rings (SSSR count). The standard InChI is InChI=1S/C18H25NO5/c1-5-18(3,17(22)23-4)19-16(21)12-11-15(20)13-7-9-14(10-8-13)24-6-2/h7-10H,5-6,11-12H2,1-4H3,(H,19,21)/t18-/m1/s1. The van der Waals surface area contributed by atoms with Crippen molar-refractivity contribution in [2.75, 3.05) is 13.7 Å². The van der Waals surface area contributed by atoms with Gasteiger partial charge >= 0.3 is 5.97 Å². The van der Waals surface area contributed by atoms with E-state index < -0.39 is 11.5 Å². The molecule has 1 amide bonds. The lowest BCUT2D eigenvalue weighted by Crippen LogP contribution is -2.52. The monoisotopic (exact) mass is 335 g/mol. The Bertz CT molecular complexity index is 582. The van der Waals surface area contributed by atoms with Crippen LogP contribution in [-0.4, -0.2) is 36.9 Å². The fourth-order valence-electron chi connectivity index (χ4n) is 2.15. The zero-order chi connectivity index (χ0) is 18.2. The summed E-state index contributed by atoms with van der Waals surface area (Å²) in [5.41, 5.74) is -0.550. The number of benzene rings is 1. The topological polar surface area (TPSA) is 81.7 Å². The maximum atomic E-state index is 12.1. The number of ketones is 1. The smallest absolute Gasteiger partial charge is 0.331 e. The van der Waals surface area contributed by atoms with E-state index in [1.165, 1.54) is 7.11 Å². The van der Waals surface area contributed by atoms with Crippen LogP contribution in [0.2, 0.25) is 0 Å². The summed E-state index contributed by atoms with van der Waals surface area (Å²) in [6.07, 6.45) is 0.484. The van der Waals surface area contributed by atoms with Crippen molar-refractivity contribution in [1.29, 1.82) is 0 Å². The third-order valence-corrected chi connectivity index (χ3v) is 3.82. The van der Waals surface area contributed by atoms with Gasteiger partial charge in [0.2, 0.25) is 5.91 Å². The van der Waals surface area contributed by atoms with Crippen LogP contribution in [0.4, 0.5) is 0 Å². The summed E-state index contributed by atoms with van der Waals surface area (Å²) in [4.78, 5) is 35.9. The second-order valence-corrected chi connectivity index (χ2v) is 5.61. The van der Waals surface area contributed by atoms with Gasteiger partial charge in [-0.05, 0) is 44.5 Å². The highest BCUT2D eigenvalue weighted by Gasteiger charge is 2.33. The number of carbonyl (C=O) groups is 3. The Morgan fingerprint density at radius 1 is 1.08 bits per heavy atom. The van der Waals surface area contributed by atoms with Gasteiger partial charge in [-0.1, -0.05) is 6.92 Å². The van der Waals surface area contributed by atoms with E-state index in [0.717, 1.165) is 0 Å². The Balaban J connectivity index is 2.57. The van der Waals surface area contributed by atoms with Gasteiger partial charge in [0.25, 0.3) is 0 Å². The molecular weight excluding hydrogens is 310 g/mol. The van der Waals surface area contributed by atoms with E-state index in [-0.39, 0.29) is 24.5 Å². The number of hydrogen-bond acceptors (Lipinski definition) is 5. The third kappa shape index (κ3) is 5.37. The number of carbonyl (C=O) groups excluding carboxylic acids is 3. The molecule has 6 nitrogen and oxygen atoms in total. The zero-order valence-electron chi connectivity index (χ0n) is 14.7. The van der Waals surface area contributed by atoms with E-state index in [1.807, 2.05) is 6.92 Å². The number of hydrogen-bond donors (Lipinski definition) is 1. The van der Waals surface area contributed by atoms with Crippen LogP contribution < -0.4 is 10.1 Å². The van der Waals surface area contributed by atoms with Gasteiger partial charge in [0.1, 0.15) is 11.3 Å². The lowest BCUT2D eigenvalue weighted by atomic mass is 9.98. The summed E-state index contributed by atoms with van der Waals surface area (Å²) < 4.78 is 10.0. The molecule has 1 aromatic rings. The van der Waals surface area contributed by atoms with Crippen LogP contribution in [0.3, 0.4) is 0 Å². The van der Waals surface area contributed by atoms with Gasteiger partial charge in [-0.2, -0.15) is 0 Å². The molecule has 0 aliphatic carbocycles. The highest BCUT2D eigenvalue weighted by Crippen LogP contribution is 2.15. The molecule has 1 N–H and O–H groups in total. The fraction of sp³-hybridized carbons (Fsp3) is 0.500. The summed E-state index contributed by atoms with van der Waals surface area (Å²) in [5.74, 6) is -0.298. The average molecular weight is 335 g/mol. The molecule has 0 saturated heterocycles. The van der Waals surface area contributed by atoms with Gasteiger partial charge < -0.3 is 14.8 Å². The van der Waals surface area contributed by atoms with Crippen molar-refractivity contribution in [3.63, 3.8) is 0 Å². The Labute approximate surface area is 142 Å². The van der Waals surface area contributed by atoms with Crippen LogP contribution in [0.15, 0.2) is 24.3 Å². The predicted molar refractivity (Wildman–Crippen MR) is 90.0 cm³/mol. The highest BCUT2D eigenvalue weighted by atomic mass is 16.5. The van der Waals surface area contributed by atoms with Crippen molar-refractivity contribution in [2.24, 2.45) is 0 Å². The van der Waals surface area contributed by atoms with Crippen LogP contribution in [-0.2, 0) is 14.3 Å². The number of esters is 1. The first-order chi connectivity index (χ1) is 11.4. The van der Waals surface area contributed by atoms with E-state index in [4.69, 9.17) is 9.47 Å². The van der Waals surface area contributed by atoms with Crippen LogP contribution in [0, 0.1) is 0 Å². The summed E-state index contributed by atoms with van der Waals surface area (Å²) in [7, 11) is 1.28. The Morgan fingerprint density at radius 3 is 2.21 bits per heavy atom. The molecule has 0 unspecified atom stereocenters. The number of methoxy groups -OCH3 is 1. The SMILES string of the molecule is CCOc1ccc(C(=O)CCC(=O)N[C@](C)(CC)C(=O)OC)cc1. The largest absolute Gasteiger partial charge is 0.494 e. The van der Waals surface area contributed by atoms with Crippen LogP contribution in [0.25, 0.3) is 0 Å². The van der Waals surface area contributed by atoms with E-state index in [1.54, 1.807) is 38.1 Å². The van der Waals surface area contributed by atoms with Crippen molar-refractivity contribution < 1.29 is 23.9 Å². The molecule has 0 aliphatic rings. The molecule has 0 aromatic heterocycles. The number of rotatable bonds is 9. The molecule has 0 radical (unpaired) electrons. The molecular formula is C18H25NO5. The third-order valence-electron chi connectivity index (χ3n) is 3.82. The van der Waals surface area contributed by atoms with Gasteiger partial charge in [0, 0.05) is 18.4 Å². The second-order valence-electron chi connectivity index (χ2n) is 5.61. The van der Waals surface area contributed by atoms with Gasteiger partial charge in [0.15, 0.2) is 5.78 Å². The van der Waals surface area contributed by atoms with Crippen LogP contribution in [0.1, 0.15) is 50.4 Å². The lowest BCUT2D eigenvalue weighted by Gasteiger charge is -2.26. The highest BCUT2D eigenvalue weighted by molar-refractivity contribution is 5.98. The molecule has 0 saturated carbocycles. The zero-order valence-corrected chi connectivity index (χ0v) is 14.7. The Morgan fingerprint density at radius 2 is 1.71 bits per heavy atom. The summed E-state index contributed by atoms with van der Waals surface area (Å²) in [6, 6.07) is 6.80. The molecule has 0 fully saturated rings. The summed E-state index contributed by atoms with van der Waals surface area (Å²) in [5, 5.41) is 2.64. The normalized spacial score (nSPS) is 12.8. The molecule has 0 heterocycles. The molecule has 24 heavy (non-hydrogen) atoms. The quantitative estimate of drug-likeness (QED) is 0.554. The van der Waals surface area contributed by atoms with E-state index >= 15 is 0 Å². The van der Waals surface area contributed by atoms with Crippen molar-refractivity contribution in [3.05, 3.63) is 29.8 Å². The lowest BCUT2D eigenvalue weighted by molar-refractivity contribution is -0.150. The number of Topliss-reactive ketones (excluding diaryl/α,β-unsaturated/α-hetero) is 1. The second kappa shape index (κ2) is 9.05. The van der Waals surface area contributed by atoms with E-state index in [2.05, 4.69) is 5.32 Å². The first kappa shape index (κ1) is 19.7. The maximum Gasteiger partial charge on any atom is 0.331 e. The van der Waals surface area contributed by atoms with Crippen molar-refractivity contribution in [1.82, 2.24) is 5.32 Å². The van der Waals surface area contributed by atoms with E-state index in [0.29, 0.717) is 24.3 Å². The minimum absolute atomic E-state index is 0.0125. The first-order valence-electron chi connectivity index (χ1n) is 8.01. The van der Waals surface area contributed by atoms with Gasteiger partial charge in [-0.15, -0.1) is 0 Å². The fourth-order valence-corrected chi connectivity index (χ4v) is 2.15. The first-order valence-corrected chi connectivity index (χ1v) is 8.01. The minimum Gasteiger partial charge on any atom is -0.494 e. The predicted octanol–water partition coefficient (Wildman–Crippen LogP) is 2.51. The van der Waals surface area contributed by atoms with Crippen molar-refractivity contribution >= 4 is 17.7 Å². The molecule has 0 spiro atoms. The van der Waals surface area contributed by atoms with Crippen LogP contribution >= 0.6 is 0 Å². The Kier molecular flexibility index (Phi) is 7.42. The molecule has 0 bridgehead atoms.